The summed E-state index contributed by atoms with van der Waals surface area (Å²) in [4.78, 5) is 0. The number of ether oxygens (including phenoxy) is 1. The van der Waals surface area contributed by atoms with E-state index in [4.69, 9.17) is 9.15 Å². The van der Waals surface area contributed by atoms with Crippen molar-refractivity contribution < 1.29 is 9.15 Å². The first kappa shape index (κ1) is 14.1. The van der Waals surface area contributed by atoms with Crippen molar-refractivity contribution in [2.45, 2.75) is 13.0 Å². The molecule has 0 bridgehead atoms. The van der Waals surface area contributed by atoms with E-state index in [1.807, 2.05) is 24.5 Å². The van der Waals surface area contributed by atoms with Crippen LogP contribution in [0.5, 0.6) is 0 Å². The van der Waals surface area contributed by atoms with Gasteiger partial charge in [0.25, 0.3) is 0 Å². The van der Waals surface area contributed by atoms with Crippen LogP contribution in [-0.4, -0.2) is 33.4 Å². The standard InChI is InChI=1S/C15H22N2O2/c1-18-10-9-16-7-4-8-17-11-13-12-19-15-6-3-2-5-14(13)15/h2-3,5-6,12,16-17H,4,7-11H2,1H3. The molecule has 4 heteroatoms. The molecule has 2 aromatic rings. The van der Waals surface area contributed by atoms with Crippen molar-refractivity contribution in [3.63, 3.8) is 0 Å². The number of hydrogen-bond acceptors (Lipinski definition) is 4. The lowest BCUT2D eigenvalue weighted by Crippen LogP contribution is -2.24. The molecule has 0 radical (unpaired) electrons. The largest absolute Gasteiger partial charge is 0.464 e. The van der Waals surface area contributed by atoms with E-state index in [1.54, 1.807) is 7.11 Å². The van der Waals surface area contributed by atoms with Crippen LogP contribution >= 0.6 is 0 Å². The molecule has 0 aliphatic carbocycles. The molecule has 0 unspecified atom stereocenters. The summed E-state index contributed by atoms with van der Waals surface area (Å²) in [6.45, 7) is 4.56. The van der Waals surface area contributed by atoms with Crippen LogP contribution < -0.4 is 10.6 Å². The van der Waals surface area contributed by atoms with Crippen LogP contribution in [-0.2, 0) is 11.3 Å². The summed E-state index contributed by atoms with van der Waals surface area (Å²) >= 11 is 0. The van der Waals surface area contributed by atoms with E-state index in [0.29, 0.717) is 0 Å². The van der Waals surface area contributed by atoms with Gasteiger partial charge in [-0.15, -0.1) is 0 Å². The molecule has 0 saturated carbocycles. The molecular weight excluding hydrogens is 240 g/mol. The lowest BCUT2D eigenvalue weighted by molar-refractivity contribution is 0.199. The average molecular weight is 262 g/mol. The molecule has 0 amide bonds. The van der Waals surface area contributed by atoms with Gasteiger partial charge in [0, 0.05) is 31.1 Å². The summed E-state index contributed by atoms with van der Waals surface area (Å²) in [7, 11) is 1.72. The molecule has 1 heterocycles. The second-order valence-electron chi connectivity index (χ2n) is 4.53. The molecule has 0 spiro atoms. The quantitative estimate of drug-likeness (QED) is 0.680. The molecule has 0 fully saturated rings. The first-order valence-electron chi connectivity index (χ1n) is 6.77. The third-order valence-electron chi connectivity index (χ3n) is 3.07. The lowest BCUT2D eigenvalue weighted by atomic mass is 10.2. The van der Waals surface area contributed by atoms with Crippen molar-refractivity contribution in [3.8, 4) is 0 Å². The topological polar surface area (TPSA) is 46.4 Å². The van der Waals surface area contributed by atoms with Crippen molar-refractivity contribution >= 4 is 11.0 Å². The van der Waals surface area contributed by atoms with Crippen LogP contribution in [0.15, 0.2) is 34.9 Å². The van der Waals surface area contributed by atoms with Gasteiger partial charge < -0.3 is 19.8 Å². The highest BCUT2D eigenvalue weighted by molar-refractivity contribution is 5.80. The number of furan rings is 1. The summed E-state index contributed by atoms with van der Waals surface area (Å²) in [6, 6.07) is 8.14. The zero-order valence-corrected chi connectivity index (χ0v) is 11.4. The molecule has 0 atom stereocenters. The van der Waals surface area contributed by atoms with E-state index in [0.717, 1.165) is 44.8 Å². The maximum absolute atomic E-state index is 5.51. The predicted molar refractivity (Wildman–Crippen MR) is 77.3 cm³/mol. The minimum absolute atomic E-state index is 0.772. The van der Waals surface area contributed by atoms with Crippen LogP contribution in [0, 0.1) is 0 Å². The van der Waals surface area contributed by atoms with Crippen molar-refractivity contribution in [2.75, 3.05) is 33.4 Å². The molecule has 1 aromatic heterocycles. The highest BCUT2D eigenvalue weighted by Gasteiger charge is 2.03. The predicted octanol–water partition coefficient (Wildman–Crippen LogP) is 2.15. The summed E-state index contributed by atoms with van der Waals surface area (Å²) in [5.74, 6) is 0. The summed E-state index contributed by atoms with van der Waals surface area (Å²) in [5.41, 5.74) is 2.18. The summed E-state index contributed by atoms with van der Waals surface area (Å²) < 4.78 is 10.5. The van der Waals surface area contributed by atoms with Crippen LogP contribution in [0.4, 0.5) is 0 Å². The Morgan fingerprint density at radius 3 is 2.84 bits per heavy atom. The smallest absolute Gasteiger partial charge is 0.134 e. The fraction of sp³-hybridized carbons (Fsp3) is 0.467. The Kier molecular flexibility index (Phi) is 5.88. The molecule has 1 aromatic carbocycles. The number of methoxy groups -OCH3 is 1. The number of fused-ring (bicyclic) bond motifs is 1. The number of para-hydroxylation sites is 1. The maximum Gasteiger partial charge on any atom is 0.134 e. The molecule has 2 rings (SSSR count). The van der Waals surface area contributed by atoms with Gasteiger partial charge in [0.2, 0.25) is 0 Å². The van der Waals surface area contributed by atoms with Crippen molar-refractivity contribution in [2.24, 2.45) is 0 Å². The Morgan fingerprint density at radius 1 is 1.11 bits per heavy atom. The van der Waals surface area contributed by atoms with Gasteiger partial charge in [-0.05, 0) is 25.6 Å². The van der Waals surface area contributed by atoms with Crippen LogP contribution in [0.2, 0.25) is 0 Å². The van der Waals surface area contributed by atoms with Gasteiger partial charge in [-0.3, -0.25) is 0 Å². The Bertz CT molecular complexity index is 482. The second-order valence-corrected chi connectivity index (χ2v) is 4.53. The summed E-state index contributed by atoms with van der Waals surface area (Å²) in [5, 5.41) is 7.97. The third-order valence-corrected chi connectivity index (χ3v) is 3.07. The normalized spacial score (nSPS) is 11.2. The van der Waals surface area contributed by atoms with Crippen molar-refractivity contribution in [3.05, 3.63) is 36.1 Å². The minimum Gasteiger partial charge on any atom is -0.464 e. The highest BCUT2D eigenvalue weighted by Crippen LogP contribution is 2.20. The van der Waals surface area contributed by atoms with Gasteiger partial charge in [0.1, 0.15) is 5.58 Å². The van der Waals surface area contributed by atoms with Crippen LogP contribution in [0.3, 0.4) is 0 Å². The second kappa shape index (κ2) is 7.94. The lowest BCUT2D eigenvalue weighted by Gasteiger charge is -2.05. The van der Waals surface area contributed by atoms with Gasteiger partial charge in [-0.2, -0.15) is 0 Å². The Balaban J connectivity index is 1.63. The molecule has 2 N–H and O–H groups in total. The van der Waals surface area contributed by atoms with Gasteiger partial charge in [-0.25, -0.2) is 0 Å². The van der Waals surface area contributed by atoms with Gasteiger partial charge in [0.05, 0.1) is 12.9 Å². The average Bonchev–Trinajstić information content (AvgIpc) is 2.85. The van der Waals surface area contributed by atoms with E-state index in [1.165, 1.54) is 10.9 Å². The first-order chi connectivity index (χ1) is 9.42. The van der Waals surface area contributed by atoms with Gasteiger partial charge >= 0.3 is 0 Å². The maximum atomic E-state index is 5.51. The fourth-order valence-electron chi connectivity index (χ4n) is 2.03. The number of benzene rings is 1. The molecule has 0 aliphatic rings. The highest BCUT2D eigenvalue weighted by atomic mass is 16.5. The Morgan fingerprint density at radius 2 is 1.95 bits per heavy atom. The molecule has 104 valence electrons. The molecule has 4 nitrogen and oxygen atoms in total. The zero-order valence-electron chi connectivity index (χ0n) is 11.4. The minimum atomic E-state index is 0.772. The SMILES string of the molecule is COCCNCCCNCc1coc2ccccc12. The van der Waals surface area contributed by atoms with Crippen LogP contribution in [0.1, 0.15) is 12.0 Å². The van der Waals surface area contributed by atoms with E-state index < -0.39 is 0 Å². The zero-order chi connectivity index (χ0) is 13.3. The first-order valence-corrected chi connectivity index (χ1v) is 6.77. The van der Waals surface area contributed by atoms with E-state index in [9.17, 15) is 0 Å². The van der Waals surface area contributed by atoms with Gasteiger partial charge in [0.15, 0.2) is 0 Å². The fourth-order valence-corrected chi connectivity index (χ4v) is 2.03. The van der Waals surface area contributed by atoms with Crippen LogP contribution in [0.25, 0.3) is 11.0 Å². The van der Waals surface area contributed by atoms with E-state index in [2.05, 4.69) is 16.7 Å². The monoisotopic (exact) mass is 262 g/mol. The number of hydrogen-bond donors (Lipinski definition) is 2. The van der Waals surface area contributed by atoms with Gasteiger partial charge in [-0.1, -0.05) is 18.2 Å². The molecule has 0 aliphatic heterocycles. The van der Waals surface area contributed by atoms with Crippen molar-refractivity contribution in [1.82, 2.24) is 10.6 Å². The van der Waals surface area contributed by atoms with Crippen molar-refractivity contribution in [1.29, 1.82) is 0 Å². The number of rotatable bonds is 9. The number of nitrogens with one attached hydrogen (secondary N) is 2. The summed E-state index contributed by atoms with van der Waals surface area (Å²) in [6.07, 6.45) is 2.95. The molecular formula is C15H22N2O2. The molecule has 19 heavy (non-hydrogen) atoms. The van der Waals surface area contributed by atoms with E-state index >= 15 is 0 Å². The Labute approximate surface area is 114 Å². The molecule has 0 saturated heterocycles. The third kappa shape index (κ3) is 4.35. The Hall–Kier alpha value is -1.36. The van der Waals surface area contributed by atoms with E-state index in [-0.39, 0.29) is 0 Å².